The Bertz CT molecular complexity index is 834. The summed E-state index contributed by atoms with van der Waals surface area (Å²) in [5.74, 6) is -0.610. The summed E-state index contributed by atoms with van der Waals surface area (Å²) in [6, 6.07) is 12.3. The lowest BCUT2D eigenvalue weighted by Gasteiger charge is -2.24. The van der Waals surface area contributed by atoms with Crippen LogP contribution in [0.15, 0.2) is 48.7 Å². The van der Waals surface area contributed by atoms with Gasteiger partial charge in [-0.15, -0.1) is 0 Å². The molecule has 6 heteroatoms. The van der Waals surface area contributed by atoms with Crippen molar-refractivity contribution in [2.45, 2.75) is 13.3 Å². The molecule has 2 aromatic rings. The van der Waals surface area contributed by atoms with E-state index in [1.54, 1.807) is 19.4 Å². The highest BCUT2D eigenvalue weighted by Gasteiger charge is 2.24. The summed E-state index contributed by atoms with van der Waals surface area (Å²) >= 11 is 0. The van der Waals surface area contributed by atoms with Gasteiger partial charge in [0.15, 0.2) is 0 Å². The van der Waals surface area contributed by atoms with Crippen molar-refractivity contribution in [3.63, 3.8) is 0 Å². The molecular formula is C21H24FN3O2. The number of rotatable bonds is 8. The predicted molar refractivity (Wildman–Crippen MR) is 107 cm³/mol. The highest BCUT2D eigenvalue weighted by molar-refractivity contribution is 6.31. The van der Waals surface area contributed by atoms with Crippen molar-refractivity contribution in [3.05, 3.63) is 60.0 Å². The lowest BCUT2D eigenvalue weighted by Crippen LogP contribution is -2.27. The number of hydrogen-bond acceptors (Lipinski definition) is 4. The molecule has 0 spiro atoms. The molecule has 3 rings (SSSR count). The van der Waals surface area contributed by atoms with E-state index < -0.39 is 0 Å². The van der Waals surface area contributed by atoms with Gasteiger partial charge in [-0.05, 0) is 48.9 Å². The minimum Gasteiger partial charge on any atom is -0.383 e. The van der Waals surface area contributed by atoms with Crippen LogP contribution in [0.25, 0.3) is 5.57 Å². The van der Waals surface area contributed by atoms with Gasteiger partial charge in [0.05, 0.1) is 12.2 Å². The number of halogens is 1. The van der Waals surface area contributed by atoms with Gasteiger partial charge in [-0.2, -0.15) is 0 Å². The third kappa shape index (κ3) is 4.46. The first-order valence-electron chi connectivity index (χ1n) is 9.04. The van der Waals surface area contributed by atoms with Gasteiger partial charge in [-0.3, -0.25) is 4.79 Å². The van der Waals surface area contributed by atoms with Gasteiger partial charge in [0.2, 0.25) is 0 Å². The van der Waals surface area contributed by atoms with Crippen LogP contribution in [0.4, 0.5) is 21.5 Å². The third-order valence-electron chi connectivity index (χ3n) is 4.44. The summed E-state index contributed by atoms with van der Waals surface area (Å²) in [6.45, 7) is 4.62. The molecule has 0 fully saturated rings. The van der Waals surface area contributed by atoms with E-state index >= 15 is 0 Å². The standard InChI is InChI=1S/C21H24FN3O2/c1-3-10-25(11-12-27-2)17-7-5-16(6-8-17)23-14-19-18-13-15(22)4-9-20(18)24-21(19)26/h4-9,13-14,23H,3,10-12H2,1-2H3,(H,24,26)/b19-14+. The van der Waals surface area contributed by atoms with Gasteiger partial charge in [0.1, 0.15) is 5.82 Å². The molecule has 0 unspecified atom stereocenters. The Kier molecular flexibility index (Phi) is 6.08. The monoisotopic (exact) mass is 369 g/mol. The van der Waals surface area contributed by atoms with Crippen LogP contribution in [-0.2, 0) is 9.53 Å². The Balaban J connectivity index is 1.73. The molecule has 2 aromatic carbocycles. The van der Waals surface area contributed by atoms with Crippen molar-refractivity contribution in [1.29, 1.82) is 0 Å². The SMILES string of the molecule is CCCN(CCOC)c1ccc(N/C=C2/C(=O)Nc3ccc(F)cc32)cc1. The summed E-state index contributed by atoms with van der Waals surface area (Å²) in [4.78, 5) is 14.4. The molecule has 0 aromatic heterocycles. The van der Waals surface area contributed by atoms with E-state index in [0.717, 1.165) is 30.9 Å². The normalized spacial score (nSPS) is 14.2. The van der Waals surface area contributed by atoms with E-state index in [-0.39, 0.29) is 11.7 Å². The molecular weight excluding hydrogens is 345 g/mol. The minimum atomic E-state index is -0.368. The van der Waals surface area contributed by atoms with Gasteiger partial charge in [-0.25, -0.2) is 4.39 Å². The Morgan fingerprint density at radius 3 is 2.67 bits per heavy atom. The first-order chi connectivity index (χ1) is 13.1. The van der Waals surface area contributed by atoms with Gasteiger partial charge in [-0.1, -0.05) is 6.92 Å². The maximum atomic E-state index is 13.5. The second kappa shape index (κ2) is 8.68. The molecule has 0 saturated carbocycles. The van der Waals surface area contributed by atoms with Gasteiger partial charge in [0, 0.05) is 49.0 Å². The Labute approximate surface area is 158 Å². The molecule has 0 atom stereocenters. The maximum absolute atomic E-state index is 13.5. The highest BCUT2D eigenvalue weighted by atomic mass is 19.1. The van der Waals surface area contributed by atoms with E-state index in [1.807, 2.05) is 24.3 Å². The number of fused-ring (bicyclic) bond motifs is 1. The molecule has 142 valence electrons. The second-order valence-electron chi connectivity index (χ2n) is 6.37. The quantitative estimate of drug-likeness (QED) is 0.688. The molecule has 0 bridgehead atoms. The second-order valence-corrected chi connectivity index (χ2v) is 6.37. The molecule has 1 aliphatic heterocycles. The zero-order chi connectivity index (χ0) is 19.2. The van der Waals surface area contributed by atoms with Gasteiger partial charge in [0.25, 0.3) is 5.91 Å². The number of carbonyl (C=O) groups excluding carboxylic acids is 1. The first kappa shape index (κ1) is 18.9. The molecule has 1 amide bonds. The van der Waals surface area contributed by atoms with Crippen molar-refractivity contribution >= 4 is 28.5 Å². The maximum Gasteiger partial charge on any atom is 0.257 e. The van der Waals surface area contributed by atoms with Crippen LogP contribution in [-0.4, -0.2) is 32.7 Å². The number of amides is 1. The van der Waals surface area contributed by atoms with Crippen molar-refractivity contribution in [2.24, 2.45) is 0 Å². The van der Waals surface area contributed by atoms with E-state index in [1.165, 1.54) is 12.1 Å². The summed E-state index contributed by atoms with van der Waals surface area (Å²) in [7, 11) is 1.70. The average Bonchev–Trinajstić information content (AvgIpc) is 2.98. The fraction of sp³-hybridized carbons (Fsp3) is 0.286. The average molecular weight is 369 g/mol. The number of carbonyl (C=O) groups is 1. The highest BCUT2D eigenvalue weighted by Crippen LogP contribution is 2.32. The van der Waals surface area contributed by atoms with Crippen LogP contribution in [0.3, 0.4) is 0 Å². The number of benzene rings is 2. The molecule has 27 heavy (non-hydrogen) atoms. The summed E-state index contributed by atoms with van der Waals surface area (Å²) < 4.78 is 18.7. The van der Waals surface area contributed by atoms with Crippen LogP contribution in [0.1, 0.15) is 18.9 Å². The lowest BCUT2D eigenvalue weighted by molar-refractivity contribution is -0.110. The minimum absolute atomic E-state index is 0.242. The van der Waals surface area contributed by atoms with Crippen molar-refractivity contribution in [1.82, 2.24) is 0 Å². The number of ether oxygens (including phenoxy) is 1. The van der Waals surface area contributed by atoms with E-state index in [9.17, 15) is 9.18 Å². The van der Waals surface area contributed by atoms with Crippen LogP contribution in [0.2, 0.25) is 0 Å². The van der Waals surface area contributed by atoms with Crippen molar-refractivity contribution < 1.29 is 13.9 Å². The van der Waals surface area contributed by atoms with Crippen molar-refractivity contribution in [3.8, 4) is 0 Å². The van der Waals surface area contributed by atoms with E-state index in [0.29, 0.717) is 23.4 Å². The number of hydrogen-bond donors (Lipinski definition) is 2. The molecule has 5 nitrogen and oxygen atoms in total. The zero-order valence-corrected chi connectivity index (χ0v) is 15.6. The largest absolute Gasteiger partial charge is 0.383 e. The summed E-state index contributed by atoms with van der Waals surface area (Å²) in [5.41, 5.74) is 3.59. The Hall–Kier alpha value is -2.86. The van der Waals surface area contributed by atoms with Crippen LogP contribution in [0.5, 0.6) is 0 Å². The molecule has 0 radical (unpaired) electrons. The number of methoxy groups -OCH3 is 1. The molecule has 2 N–H and O–H groups in total. The van der Waals surface area contributed by atoms with Crippen LogP contribution >= 0.6 is 0 Å². The smallest absolute Gasteiger partial charge is 0.257 e. The fourth-order valence-corrected chi connectivity index (χ4v) is 3.07. The van der Waals surface area contributed by atoms with Crippen LogP contribution < -0.4 is 15.5 Å². The number of anilines is 3. The van der Waals surface area contributed by atoms with Gasteiger partial charge >= 0.3 is 0 Å². The number of nitrogens with one attached hydrogen (secondary N) is 2. The molecule has 0 saturated heterocycles. The zero-order valence-electron chi connectivity index (χ0n) is 15.6. The topological polar surface area (TPSA) is 53.6 Å². The van der Waals surface area contributed by atoms with E-state index in [4.69, 9.17) is 4.74 Å². The third-order valence-corrected chi connectivity index (χ3v) is 4.44. The fourth-order valence-electron chi connectivity index (χ4n) is 3.07. The Morgan fingerprint density at radius 1 is 1.19 bits per heavy atom. The number of nitrogens with zero attached hydrogens (tertiary/aromatic N) is 1. The van der Waals surface area contributed by atoms with Crippen molar-refractivity contribution in [2.75, 3.05) is 42.3 Å². The predicted octanol–water partition coefficient (Wildman–Crippen LogP) is 4.09. The molecule has 1 heterocycles. The summed E-state index contributed by atoms with van der Waals surface area (Å²) in [5, 5.41) is 5.87. The summed E-state index contributed by atoms with van der Waals surface area (Å²) in [6.07, 6.45) is 2.67. The van der Waals surface area contributed by atoms with Gasteiger partial charge < -0.3 is 20.3 Å². The van der Waals surface area contributed by atoms with Crippen LogP contribution in [0, 0.1) is 5.82 Å². The van der Waals surface area contributed by atoms with E-state index in [2.05, 4.69) is 22.5 Å². The molecule has 0 aliphatic carbocycles. The Morgan fingerprint density at radius 2 is 1.96 bits per heavy atom. The molecule has 1 aliphatic rings. The lowest BCUT2D eigenvalue weighted by atomic mass is 10.1. The first-order valence-corrected chi connectivity index (χ1v) is 9.04.